The maximum absolute atomic E-state index is 3.70. The van der Waals surface area contributed by atoms with E-state index in [0.29, 0.717) is 0 Å². The molecule has 3 fully saturated rings. The molecular formula is C12H22N2S. The summed E-state index contributed by atoms with van der Waals surface area (Å²) in [6.07, 6.45) is 7.13. The summed E-state index contributed by atoms with van der Waals surface area (Å²) in [5.41, 5.74) is 0. The van der Waals surface area contributed by atoms with Crippen molar-refractivity contribution in [2.75, 3.05) is 24.6 Å². The summed E-state index contributed by atoms with van der Waals surface area (Å²) in [5.74, 6) is 2.79. The van der Waals surface area contributed by atoms with Gasteiger partial charge < -0.3 is 5.32 Å². The van der Waals surface area contributed by atoms with Gasteiger partial charge in [-0.05, 0) is 50.9 Å². The summed E-state index contributed by atoms with van der Waals surface area (Å²) in [7, 11) is 0. The molecule has 0 aliphatic carbocycles. The van der Waals surface area contributed by atoms with Gasteiger partial charge in [0.15, 0.2) is 0 Å². The SMILES string of the molecule is C1CNC(C2CCCN2C2CCSC2)C1. The van der Waals surface area contributed by atoms with Crippen molar-refractivity contribution in [3.63, 3.8) is 0 Å². The van der Waals surface area contributed by atoms with Gasteiger partial charge in [0.05, 0.1) is 0 Å². The fourth-order valence-corrected chi connectivity index (χ4v) is 4.76. The maximum atomic E-state index is 3.70. The monoisotopic (exact) mass is 226 g/mol. The molecule has 0 aromatic carbocycles. The summed E-state index contributed by atoms with van der Waals surface area (Å²) in [6.45, 7) is 2.63. The van der Waals surface area contributed by atoms with Crippen LogP contribution < -0.4 is 5.32 Å². The van der Waals surface area contributed by atoms with E-state index in [1.165, 1.54) is 56.7 Å². The molecule has 3 heteroatoms. The number of nitrogens with one attached hydrogen (secondary N) is 1. The van der Waals surface area contributed by atoms with E-state index in [-0.39, 0.29) is 0 Å². The zero-order valence-electron chi connectivity index (χ0n) is 9.45. The summed E-state index contributed by atoms with van der Waals surface area (Å²) in [4.78, 5) is 2.84. The topological polar surface area (TPSA) is 15.3 Å². The Balaban J connectivity index is 1.65. The lowest BCUT2D eigenvalue weighted by atomic mass is 10.0. The zero-order chi connectivity index (χ0) is 10.1. The largest absolute Gasteiger partial charge is 0.312 e. The van der Waals surface area contributed by atoms with E-state index in [9.17, 15) is 0 Å². The van der Waals surface area contributed by atoms with Crippen molar-refractivity contribution in [3.8, 4) is 0 Å². The first kappa shape index (κ1) is 10.4. The van der Waals surface area contributed by atoms with Crippen LogP contribution in [0.5, 0.6) is 0 Å². The molecular weight excluding hydrogens is 204 g/mol. The van der Waals surface area contributed by atoms with E-state index < -0.39 is 0 Å². The van der Waals surface area contributed by atoms with E-state index in [2.05, 4.69) is 22.0 Å². The summed E-state index contributed by atoms with van der Waals surface area (Å²) in [6, 6.07) is 2.60. The first-order chi connectivity index (χ1) is 7.45. The average molecular weight is 226 g/mol. The van der Waals surface area contributed by atoms with Gasteiger partial charge in [-0.15, -0.1) is 0 Å². The third-order valence-electron chi connectivity index (χ3n) is 4.28. The normalized spacial score (nSPS) is 42.8. The molecule has 15 heavy (non-hydrogen) atoms. The molecule has 86 valence electrons. The van der Waals surface area contributed by atoms with Crippen LogP contribution in [0.4, 0.5) is 0 Å². The number of hydrogen-bond donors (Lipinski definition) is 1. The van der Waals surface area contributed by atoms with Gasteiger partial charge in [0.1, 0.15) is 0 Å². The molecule has 0 amide bonds. The van der Waals surface area contributed by atoms with Crippen LogP contribution in [-0.4, -0.2) is 47.6 Å². The molecule has 3 aliphatic heterocycles. The molecule has 3 rings (SSSR count). The predicted molar refractivity (Wildman–Crippen MR) is 66.5 cm³/mol. The fourth-order valence-electron chi connectivity index (χ4n) is 3.52. The van der Waals surface area contributed by atoms with Gasteiger partial charge in [-0.2, -0.15) is 11.8 Å². The lowest BCUT2D eigenvalue weighted by Crippen LogP contribution is -2.48. The molecule has 3 atom stereocenters. The van der Waals surface area contributed by atoms with Crippen molar-refractivity contribution in [1.82, 2.24) is 10.2 Å². The van der Waals surface area contributed by atoms with Crippen LogP contribution in [-0.2, 0) is 0 Å². The van der Waals surface area contributed by atoms with Crippen LogP contribution in [0.2, 0.25) is 0 Å². The standard InChI is InChI=1S/C12H22N2S/c1-3-11(13-6-1)12-4-2-7-14(12)10-5-8-15-9-10/h10-13H,1-9H2. The van der Waals surface area contributed by atoms with Crippen molar-refractivity contribution in [2.24, 2.45) is 0 Å². The Morgan fingerprint density at radius 1 is 1.13 bits per heavy atom. The third-order valence-corrected chi connectivity index (χ3v) is 5.42. The van der Waals surface area contributed by atoms with Crippen molar-refractivity contribution < 1.29 is 0 Å². The Morgan fingerprint density at radius 3 is 2.87 bits per heavy atom. The van der Waals surface area contributed by atoms with Crippen LogP contribution in [0.3, 0.4) is 0 Å². The second-order valence-corrected chi connectivity index (χ2v) is 6.32. The van der Waals surface area contributed by atoms with Crippen molar-refractivity contribution in [2.45, 2.75) is 50.2 Å². The highest BCUT2D eigenvalue weighted by Gasteiger charge is 2.37. The third kappa shape index (κ3) is 2.06. The predicted octanol–water partition coefficient (Wildman–Crippen LogP) is 1.71. The van der Waals surface area contributed by atoms with Gasteiger partial charge in [-0.25, -0.2) is 0 Å². The molecule has 0 aromatic heterocycles. The first-order valence-corrected chi connectivity index (χ1v) is 7.67. The van der Waals surface area contributed by atoms with Crippen molar-refractivity contribution >= 4 is 11.8 Å². The summed E-state index contributed by atoms with van der Waals surface area (Å²) >= 11 is 2.15. The fraction of sp³-hybridized carbons (Fsp3) is 1.00. The lowest BCUT2D eigenvalue weighted by molar-refractivity contribution is 0.166. The summed E-state index contributed by atoms with van der Waals surface area (Å²) < 4.78 is 0. The van der Waals surface area contributed by atoms with Gasteiger partial charge in [-0.1, -0.05) is 0 Å². The lowest BCUT2D eigenvalue weighted by Gasteiger charge is -2.33. The molecule has 0 spiro atoms. The Morgan fingerprint density at radius 2 is 2.13 bits per heavy atom. The molecule has 0 aromatic rings. The van der Waals surface area contributed by atoms with Gasteiger partial charge in [0.25, 0.3) is 0 Å². The number of hydrogen-bond acceptors (Lipinski definition) is 3. The molecule has 0 radical (unpaired) electrons. The number of nitrogens with zero attached hydrogens (tertiary/aromatic N) is 1. The van der Waals surface area contributed by atoms with Crippen LogP contribution in [0.1, 0.15) is 32.1 Å². The number of thioether (sulfide) groups is 1. The highest BCUT2D eigenvalue weighted by atomic mass is 32.2. The minimum absolute atomic E-state index is 0.818. The van der Waals surface area contributed by atoms with Gasteiger partial charge in [0.2, 0.25) is 0 Å². The highest BCUT2D eigenvalue weighted by Crippen LogP contribution is 2.32. The van der Waals surface area contributed by atoms with Gasteiger partial charge >= 0.3 is 0 Å². The van der Waals surface area contributed by atoms with E-state index in [4.69, 9.17) is 0 Å². The molecule has 0 bridgehead atoms. The van der Waals surface area contributed by atoms with Crippen molar-refractivity contribution in [3.05, 3.63) is 0 Å². The smallest absolute Gasteiger partial charge is 0.0253 e. The quantitative estimate of drug-likeness (QED) is 0.772. The second kappa shape index (κ2) is 4.64. The number of likely N-dealkylation sites (tertiary alicyclic amines) is 1. The van der Waals surface area contributed by atoms with Crippen LogP contribution >= 0.6 is 11.8 Å². The van der Waals surface area contributed by atoms with E-state index in [1.807, 2.05) is 0 Å². The van der Waals surface area contributed by atoms with Crippen molar-refractivity contribution in [1.29, 1.82) is 0 Å². The Kier molecular flexibility index (Phi) is 3.23. The molecule has 3 unspecified atom stereocenters. The Labute approximate surface area is 97.2 Å². The Bertz CT molecular complexity index is 188. The molecule has 0 saturated carbocycles. The van der Waals surface area contributed by atoms with E-state index in [1.54, 1.807) is 0 Å². The molecule has 3 saturated heterocycles. The van der Waals surface area contributed by atoms with Crippen LogP contribution in [0, 0.1) is 0 Å². The van der Waals surface area contributed by atoms with Gasteiger partial charge in [-0.3, -0.25) is 4.90 Å². The minimum atomic E-state index is 0.818. The van der Waals surface area contributed by atoms with Crippen LogP contribution in [0.25, 0.3) is 0 Å². The summed E-state index contributed by atoms with van der Waals surface area (Å²) in [5, 5.41) is 3.70. The van der Waals surface area contributed by atoms with Gasteiger partial charge in [0, 0.05) is 23.9 Å². The van der Waals surface area contributed by atoms with E-state index in [0.717, 1.165) is 18.1 Å². The first-order valence-electron chi connectivity index (χ1n) is 6.52. The van der Waals surface area contributed by atoms with Crippen LogP contribution in [0.15, 0.2) is 0 Å². The molecule has 3 aliphatic rings. The maximum Gasteiger partial charge on any atom is 0.0253 e. The second-order valence-electron chi connectivity index (χ2n) is 5.17. The molecule has 3 heterocycles. The molecule has 1 N–H and O–H groups in total. The highest BCUT2D eigenvalue weighted by molar-refractivity contribution is 7.99. The number of rotatable bonds is 2. The minimum Gasteiger partial charge on any atom is -0.312 e. The zero-order valence-corrected chi connectivity index (χ0v) is 10.3. The Hall–Kier alpha value is 0.270. The van der Waals surface area contributed by atoms with E-state index >= 15 is 0 Å². The molecule has 2 nitrogen and oxygen atoms in total. The average Bonchev–Trinajstić information content (AvgIpc) is 3.01.